The van der Waals surface area contributed by atoms with Crippen LogP contribution < -0.4 is 10.1 Å². The molecule has 0 saturated heterocycles. The van der Waals surface area contributed by atoms with Crippen LogP contribution in [0.2, 0.25) is 0 Å². The number of hydrogen-bond acceptors (Lipinski definition) is 2. The van der Waals surface area contributed by atoms with Gasteiger partial charge in [0, 0.05) is 17.6 Å². The monoisotopic (exact) mass is 235 g/mol. The average Bonchev–Trinajstić information content (AvgIpc) is 2.16. The van der Waals surface area contributed by atoms with E-state index in [0.717, 1.165) is 12.3 Å². The molecular weight excluding hydrogens is 210 g/mol. The second kappa shape index (κ2) is 5.54. The van der Waals surface area contributed by atoms with Crippen molar-refractivity contribution < 1.29 is 4.74 Å². The van der Waals surface area contributed by atoms with Crippen molar-refractivity contribution in [1.29, 1.82) is 0 Å². The van der Waals surface area contributed by atoms with E-state index in [-0.39, 0.29) is 11.6 Å². The number of benzene rings is 1. The molecule has 0 saturated carbocycles. The van der Waals surface area contributed by atoms with E-state index in [1.54, 1.807) is 0 Å². The van der Waals surface area contributed by atoms with E-state index >= 15 is 0 Å². The van der Waals surface area contributed by atoms with Gasteiger partial charge in [0.1, 0.15) is 5.75 Å². The molecule has 0 atom stereocenters. The van der Waals surface area contributed by atoms with Crippen LogP contribution >= 0.6 is 0 Å². The number of aryl methyl sites for hydroxylation is 1. The van der Waals surface area contributed by atoms with Crippen LogP contribution in [0, 0.1) is 6.92 Å². The molecule has 1 aromatic rings. The van der Waals surface area contributed by atoms with Gasteiger partial charge in [-0.1, -0.05) is 17.7 Å². The van der Waals surface area contributed by atoms with Crippen LogP contribution in [0.25, 0.3) is 0 Å². The Morgan fingerprint density at radius 2 is 1.88 bits per heavy atom. The predicted molar refractivity (Wildman–Crippen MR) is 73.5 cm³/mol. The topological polar surface area (TPSA) is 21.3 Å². The number of ether oxygens (including phenoxy) is 1. The molecule has 0 aliphatic carbocycles. The Balaban J connectivity index is 2.83. The molecule has 17 heavy (non-hydrogen) atoms. The average molecular weight is 235 g/mol. The van der Waals surface area contributed by atoms with Crippen molar-refractivity contribution in [3.63, 3.8) is 0 Å². The van der Waals surface area contributed by atoms with Crippen LogP contribution in [-0.2, 0) is 6.54 Å². The molecule has 0 heterocycles. The second-order valence-electron chi connectivity index (χ2n) is 5.88. The third kappa shape index (κ3) is 5.22. The summed E-state index contributed by atoms with van der Waals surface area (Å²) in [5.74, 6) is 0.988. The van der Waals surface area contributed by atoms with Crippen LogP contribution in [0.1, 0.15) is 45.7 Å². The fourth-order valence-corrected chi connectivity index (χ4v) is 1.58. The molecule has 1 rings (SSSR count). The molecule has 1 aromatic carbocycles. The fraction of sp³-hybridized carbons (Fsp3) is 0.600. The zero-order chi connectivity index (χ0) is 13.1. The smallest absolute Gasteiger partial charge is 0.124 e. The highest BCUT2D eigenvalue weighted by Gasteiger charge is 2.11. The third-order valence-electron chi connectivity index (χ3n) is 2.39. The van der Waals surface area contributed by atoms with Gasteiger partial charge in [-0.25, -0.2) is 0 Å². The molecule has 0 fully saturated rings. The molecule has 96 valence electrons. The lowest BCUT2D eigenvalue weighted by Gasteiger charge is -2.22. The molecule has 2 heteroatoms. The van der Waals surface area contributed by atoms with E-state index in [9.17, 15) is 0 Å². The SMILES string of the molecule is Cc1ccc(OC(C)C)c(CNC(C)(C)C)c1. The minimum Gasteiger partial charge on any atom is -0.491 e. The predicted octanol–water partition coefficient (Wildman–Crippen LogP) is 3.67. The molecule has 0 spiro atoms. The van der Waals surface area contributed by atoms with E-state index in [2.05, 4.69) is 65.1 Å². The maximum atomic E-state index is 5.83. The molecule has 0 radical (unpaired) electrons. The van der Waals surface area contributed by atoms with Gasteiger partial charge in [0.2, 0.25) is 0 Å². The maximum Gasteiger partial charge on any atom is 0.124 e. The van der Waals surface area contributed by atoms with Crippen molar-refractivity contribution in [1.82, 2.24) is 5.32 Å². The Labute approximate surface area is 105 Å². The number of rotatable bonds is 4. The summed E-state index contributed by atoms with van der Waals surface area (Å²) in [6.07, 6.45) is 0.214. The summed E-state index contributed by atoms with van der Waals surface area (Å²) >= 11 is 0. The van der Waals surface area contributed by atoms with Gasteiger partial charge >= 0.3 is 0 Å². The summed E-state index contributed by atoms with van der Waals surface area (Å²) in [6, 6.07) is 6.35. The lowest BCUT2D eigenvalue weighted by molar-refractivity contribution is 0.238. The van der Waals surface area contributed by atoms with Crippen LogP contribution in [0.3, 0.4) is 0 Å². The van der Waals surface area contributed by atoms with Gasteiger partial charge in [-0.3, -0.25) is 0 Å². The Hall–Kier alpha value is -1.02. The highest BCUT2D eigenvalue weighted by atomic mass is 16.5. The van der Waals surface area contributed by atoms with Crippen LogP contribution in [-0.4, -0.2) is 11.6 Å². The molecular formula is C15H25NO. The summed E-state index contributed by atoms with van der Waals surface area (Å²) in [6.45, 7) is 13.6. The highest BCUT2D eigenvalue weighted by molar-refractivity contribution is 5.37. The summed E-state index contributed by atoms with van der Waals surface area (Å²) in [4.78, 5) is 0. The van der Waals surface area contributed by atoms with Crippen molar-refractivity contribution in [2.24, 2.45) is 0 Å². The van der Waals surface area contributed by atoms with Gasteiger partial charge in [-0.15, -0.1) is 0 Å². The van der Waals surface area contributed by atoms with Gasteiger partial charge < -0.3 is 10.1 Å². The first kappa shape index (κ1) is 14.0. The lowest BCUT2D eigenvalue weighted by Crippen LogP contribution is -2.35. The molecule has 0 bridgehead atoms. The van der Waals surface area contributed by atoms with Gasteiger partial charge in [0.15, 0.2) is 0 Å². The largest absolute Gasteiger partial charge is 0.491 e. The maximum absolute atomic E-state index is 5.83. The summed E-state index contributed by atoms with van der Waals surface area (Å²) in [5.41, 5.74) is 2.62. The zero-order valence-electron chi connectivity index (χ0n) is 11.9. The molecule has 0 aliphatic heterocycles. The molecule has 0 aromatic heterocycles. The van der Waals surface area contributed by atoms with Gasteiger partial charge in [-0.05, 0) is 47.6 Å². The van der Waals surface area contributed by atoms with E-state index in [0.29, 0.717) is 0 Å². The van der Waals surface area contributed by atoms with Crippen LogP contribution in [0.4, 0.5) is 0 Å². The Morgan fingerprint density at radius 1 is 1.24 bits per heavy atom. The van der Waals surface area contributed by atoms with Crippen LogP contribution in [0.15, 0.2) is 18.2 Å². The molecule has 2 nitrogen and oxygen atoms in total. The third-order valence-corrected chi connectivity index (χ3v) is 2.39. The van der Waals surface area contributed by atoms with E-state index in [4.69, 9.17) is 4.74 Å². The number of nitrogens with one attached hydrogen (secondary N) is 1. The molecule has 1 N–H and O–H groups in total. The molecule has 0 amide bonds. The standard InChI is InChI=1S/C15H25NO/c1-11(2)17-14-8-7-12(3)9-13(14)10-16-15(4,5)6/h7-9,11,16H,10H2,1-6H3. The summed E-state index contributed by atoms with van der Waals surface area (Å²) in [7, 11) is 0. The van der Waals surface area contributed by atoms with Gasteiger partial charge in [-0.2, -0.15) is 0 Å². The van der Waals surface area contributed by atoms with Crippen molar-refractivity contribution in [3.8, 4) is 5.75 Å². The van der Waals surface area contributed by atoms with Crippen molar-refractivity contribution in [2.75, 3.05) is 0 Å². The first-order chi connectivity index (χ1) is 7.78. The minimum atomic E-state index is 0.124. The first-order valence-corrected chi connectivity index (χ1v) is 6.29. The second-order valence-corrected chi connectivity index (χ2v) is 5.88. The number of hydrogen-bond donors (Lipinski definition) is 1. The Bertz CT molecular complexity index is 364. The molecule has 0 unspecified atom stereocenters. The summed E-state index contributed by atoms with van der Waals surface area (Å²) in [5, 5.41) is 3.50. The fourth-order valence-electron chi connectivity index (χ4n) is 1.58. The Morgan fingerprint density at radius 3 is 2.41 bits per heavy atom. The highest BCUT2D eigenvalue weighted by Crippen LogP contribution is 2.21. The first-order valence-electron chi connectivity index (χ1n) is 6.29. The van der Waals surface area contributed by atoms with Crippen molar-refractivity contribution in [2.45, 2.75) is 59.7 Å². The normalized spacial score (nSPS) is 11.9. The van der Waals surface area contributed by atoms with E-state index in [1.165, 1.54) is 11.1 Å². The van der Waals surface area contributed by atoms with E-state index in [1.807, 2.05) is 0 Å². The Kier molecular flexibility index (Phi) is 4.58. The van der Waals surface area contributed by atoms with E-state index < -0.39 is 0 Å². The van der Waals surface area contributed by atoms with Gasteiger partial charge in [0.05, 0.1) is 6.10 Å². The molecule has 0 aliphatic rings. The van der Waals surface area contributed by atoms with Crippen LogP contribution in [0.5, 0.6) is 5.75 Å². The van der Waals surface area contributed by atoms with Gasteiger partial charge in [0.25, 0.3) is 0 Å². The van der Waals surface area contributed by atoms with Crippen molar-refractivity contribution >= 4 is 0 Å². The summed E-state index contributed by atoms with van der Waals surface area (Å²) < 4.78 is 5.83. The van der Waals surface area contributed by atoms with Crippen molar-refractivity contribution in [3.05, 3.63) is 29.3 Å². The zero-order valence-corrected chi connectivity index (χ0v) is 11.9. The quantitative estimate of drug-likeness (QED) is 0.859. The lowest BCUT2D eigenvalue weighted by atomic mass is 10.1. The minimum absolute atomic E-state index is 0.124.